The molecule has 4 aromatic rings. The van der Waals surface area contributed by atoms with Crippen molar-refractivity contribution in [3.8, 4) is 28.7 Å². The highest BCUT2D eigenvalue weighted by atomic mass is 35.5. The average molecular weight is 483 g/mol. The van der Waals surface area contributed by atoms with E-state index < -0.39 is 11.9 Å². The van der Waals surface area contributed by atoms with Gasteiger partial charge in [-0.3, -0.25) is 10.1 Å². The van der Waals surface area contributed by atoms with E-state index in [0.29, 0.717) is 27.6 Å². The predicted molar refractivity (Wildman–Crippen MR) is 125 cm³/mol. The first-order valence-electron chi connectivity index (χ1n) is 9.60. The highest BCUT2D eigenvalue weighted by molar-refractivity contribution is 6.34. The van der Waals surface area contributed by atoms with E-state index in [1.807, 2.05) is 0 Å². The fourth-order valence-corrected chi connectivity index (χ4v) is 3.40. The van der Waals surface area contributed by atoms with Crippen LogP contribution in [0.1, 0.15) is 10.4 Å². The third-order valence-corrected chi connectivity index (χ3v) is 5.24. The zero-order valence-electron chi connectivity index (χ0n) is 17.1. The van der Waals surface area contributed by atoms with Crippen molar-refractivity contribution in [3.63, 3.8) is 0 Å². The number of hydrogen-bond donors (Lipinski definition) is 2. The molecule has 1 aromatic heterocycles. The van der Waals surface area contributed by atoms with Gasteiger partial charge in [-0.05, 0) is 42.5 Å². The van der Waals surface area contributed by atoms with Gasteiger partial charge in [0.1, 0.15) is 5.75 Å². The van der Waals surface area contributed by atoms with E-state index in [-0.39, 0.29) is 22.4 Å². The lowest BCUT2D eigenvalue weighted by Crippen LogP contribution is -2.34. The van der Waals surface area contributed by atoms with E-state index >= 15 is 0 Å². The molecule has 33 heavy (non-hydrogen) atoms. The van der Waals surface area contributed by atoms with Crippen molar-refractivity contribution in [1.29, 1.82) is 0 Å². The zero-order valence-corrected chi connectivity index (χ0v) is 18.6. The van der Waals surface area contributed by atoms with Crippen LogP contribution >= 0.6 is 23.2 Å². The molecule has 1 heterocycles. The molecule has 0 atom stereocenters. The standard InChI is InChI=1S/C23H16Cl2N4O4/c1-32-13-10-11-18(25)16(12-13)22-29-28-21(33-22)15-7-3-5-9-19(15)26-23(31)27-20(30)14-6-2-4-8-17(14)24/h2-12H,1H3,(H2,26,27,30,31). The molecule has 0 saturated heterocycles. The Morgan fingerprint density at radius 3 is 2.33 bits per heavy atom. The van der Waals surface area contributed by atoms with E-state index in [4.69, 9.17) is 32.4 Å². The number of hydrogen-bond acceptors (Lipinski definition) is 6. The first-order valence-corrected chi connectivity index (χ1v) is 10.4. The van der Waals surface area contributed by atoms with E-state index in [9.17, 15) is 9.59 Å². The van der Waals surface area contributed by atoms with Crippen molar-refractivity contribution < 1.29 is 18.7 Å². The summed E-state index contributed by atoms with van der Waals surface area (Å²) in [7, 11) is 1.54. The van der Waals surface area contributed by atoms with Crippen LogP contribution in [0, 0.1) is 0 Å². The molecule has 10 heteroatoms. The molecule has 4 rings (SSSR count). The maximum Gasteiger partial charge on any atom is 0.326 e. The Bertz CT molecular complexity index is 1340. The number of rotatable bonds is 5. The molecule has 0 spiro atoms. The highest BCUT2D eigenvalue weighted by Crippen LogP contribution is 2.34. The van der Waals surface area contributed by atoms with Crippen LogP contribution in [-0.4, -0.2) is 29.2 Å². The lowest BCUT2D eigenvalue weighted by molar-refractivity contribution is 0.0967. The number of benzene rings is 3. The Balaban J connectivity index is 1.56. The van der Waals surface area contributed by atoms with Gasteiger partial charge in [0.2, 0.25) is 11.8 Å². The molecular formula is C23H16Cl2N4O4. The summed E-state index contributed by atoms with van der Waals surface area (Å²) < 4.78 is 11.0. The maximum atomic E-state index is 12.4. The Hall–Kier alpha value is -3.88. The minimum atomic E-state index is -0.747. The molecule has 0 saturated carbocycles. The number of anilines is 1. The average Bonchev–Trinajstić information content (AvgIpc) is 3.29. The summed E-state index contributed by atoms with van der Waals surface area (Å²) in [4.78, 5) is 24.8. The van der Waals surface area contributed by atoms with Gasteiger partial charge in [0, 0.05) is 0 Å². The topological polar surface area (TPSA) is 106 Å². The Labute approximate surface area is 198 Å². The monoisotopic (exact) mass is 482 g/mol. The van der Waals surface area contributed by atoms with Crippen molar-refractivity contribution in [3.05, 3.63) is 82.3 Å². The molecule has 0 aliphatic carbocycles. The Morgan fingerprint density at radius 1 is 0.879 bits per heavy atom. The summed E-state index contributed by atoms with van der Waals surface area (Å²) in [6.45, 7) is 0. The minimum absolute atomic E-state index is 0.150. The Morgan fingerprint density at radius 2 is 1.58 bits per heavy atom. The summed E-state index contributed by atoms with van der Waals surface area (Å²) in [5.41, 5.74) is 1.49. The molecule has 0 bridgehead atoms. The molecule has 0 aliphatic rings. The molecule has 3 amide bonds. The van der Waals surface area contributed by atoms with E-state index in [2.05, 4.69) is 20.8 Å². The van der Waals surface area contributed by atoms with Gasteiger partial charge in [-0.15, -0.1) is 10.2 Å². The summed E-state index contributed by atoms with van der Waals surface area (Å²) in [6.07, 6.45) is 0. The number of aromatic nitrogens is 2. The fourth-order valence-electron chi connectivity index (χ4n) is 2.98. The molecule has 0 fully saturated rings. The second kappa shape index (κ2) is 9.72. The zero-order chi connectivity index (χ0) is 23.4. The number of ether oxygens (including phenoxy) is 1. The van der Waals surface area contributed by atoms with Crippen LogP contribution in [0.15, 0.2) is 71.1 Å². The van der Waals surface area contributed by atoms with Crippen molar-refractivity contribution in [1.82, 2.24) is 15.5 Å². The number of methoxy groups -OCH3 is 1. The van der Waals surface area contributed by atoms with Gasteiger partial charge in [0.15, 0.2) is 0 Å². The van der Waals surface area contributed by atoms with Gasteiger partial charge in [-0.1, -0.05) is 47.5 Å². The minimum Gasteiger partial charge on any atom is -0.497 e. The normalized spacial score (nSPS) is 10.5. The SMILES string of the molecule is COc1ccc(Cl)c(-c2nnc(-c3ccccc3NC(=O)NC(=O)c3ccccc3Cl)o2)c1. The summed E-state index contributed by atoms with van der Waals surface area (Å²) in [6, 6.07) is 17.5. The van der Waals surface area contributed by atoms with E-state index in [1.165, 1.54) is 13.2 Å². The van der Waals surface area contributed by atoms with Crippen LogP contribution in [0.2, 0.25) is 10.0 Å². The molecule has 166 valence electrons. The summed E-state index contributed by atoms with van der Waals surface area (Å²) >= 11 is 12.3. The molecule has 0 aliphatic heterocycles. The van der Waals surface area contributed by atoms with Crippen LogP contribution in [0.5, 0.6) is 5.75 Å². The lowest BCUT2D eigenvalue weighted by atomic mass is 10.2. The second-order valence-electron chi connectivity index (χ2n) is 6.69. The van der Waals surface area contributed by atoms with Crippen molar-refractivity contribution in [2.24, 2.45) is 0 Å². The molecule has 0 radical (unpaired) electrons. The smallest absolute Gasteiger partial charge is 0.326 e. The van der Waals surface area contributed by atoms with Crippen LogP contribution in [-0.2, 0) is 0 Å². The number of urea groups is 1. The van der Waals surface area contributed by atoms with Crippen LogP contribution in [0.25, 0.3) is 22.9 Å². The van der Waals surface area contributed by atoms with Gasteiger partial charge in [-0.25, -0.2) is 4.79 Å². The number of carbonyl (C=O) groups is 2. The quantitative estimate of drug-likeness (QED) is 0.378. The van der Waals surface area contributed by atoms with E-state index in [0.717, 1.165) is 0 Å². The van der Waals surface area contributed by atoms with Crippen LogP contribution in [0.4, 0.5) is 10.5 Å². The fraction of sp³-hybridized carbons (Fsp3) is 0.0435. The number of amides is 3. The number of nitrogens with zero attached hydrogens (tertiary/aromatic N) is 2. The number of para-hydroxylation sites is 1. The lowest BCUT2D eigenvalue weighted by Gasteiger charge is -2.10. The third-order valence-electron chi connectivity index (χ3n) is 4.58. The Kier molecular flexibility index (Phi) is 6.58. The van der Waals surface area contributed by atoms with Gasteiger partial charge >= 0.3 is 6.03 Å². The molecular weight excluding hydrogens is 467 g/mol. The number of nitrogens with one attached hydrogen (secondary N) is 2. The van der Waals surface area contributed by atoms with Gasteiger partial charge < -0.3 is 14.5 Å². The molecule has 8 nitrogen and oxygen atoms in total. The summed E-state index contributed by atoms with van der Waals surface area (Å²) in [5, 5.41) is 13.6. The third kappa shape index (κ3) is 4.97. The van der Waals surface area contributed by atoms with Crippen molar-refractivity contribution in [2.75, 3.05) is 12.4 Å². The van der Waals surface area contributed by atoms with Gasteiger partial charge in [-0.2, -0.15) is 0 Å². The number of halogens is 2. The first kappa shape index (κ1) is 22.3. The van der Waals surface area contributed by atoms with Crippen molar-refractivity contribution >= 4 is 40.8 Å². The first-order chi connectivity index (χ1) is 16.0. The second-order valence-corrected chi connectivity index (χ2v) is 7.51. The largest absolute Gasteiger partial charge is 0.497 e. The van der Waals surface area contributed by atoms with E-state index in [1.54, 1.807) is 60.7 Å². The van der Waals surface area contributed by atoms with Crippen molar-refractivity contribution in [2.45, 2.75) is 0 Å². The molecule has 3 aromatic carbocycles. The maximum absolute atomic E-state index is 12.4. The number of carbonyl (C=O) groups excluding carboxylic acids is 2. The van der Waals surface area contributed by atoms with Gasteiger partial charge in [0.25, 0.3) is 5.91 Å². The summed E-state index contributed by atoms with van der Waals surface area (Å²) in [5.74, 6) is 0.277. The predicted octanol–water partition coefficient (Wildman–Crippen LogP) is 5.68. The molecule has 0 unspecified atom stereocenters. The number of imide groups is 1. The highest BCUT2D eigenvalue weighted by Gasteiger charge is 2.19. The molecule has 2 N–H and O–H groups in total. The van der Waals surface area contributed by atoms with Crippen LogP contribution < -0.4 is 15.4 Å². The van der Waals surface area contributed by atoms with Gasteiger partial charge in [0.05, 0.1) is 39.5 Å². The van der Waals surface area contributed by atoms with Crippen LogP contribution in [0.3, 0.4) is 0 Å².